The number of imidazole rings is 1. The Hall–Kier alpha value is -2.79. The fourth-order valence-electron chi connectivity index (χ4n) is 2.34. The van der Waals surface area contributed by atoms with Gasteiger partial charge in [0.25, 0.3) is 0 Å². The van der Waals surface area contributed by atoms with E-state index in [9.17, 15) is 4.79 Å². The number of aromatic nitrogens is 2. The number of nitrogens with zero attached hydrogens (tertiary/aromatic N) is 2. The summed E-state index contributed by atoms with van der Waals surface area (Å²) in [6, 6.07) is 11.1. The lowest BCUT2D eigenvalue weighted by Crippen LogP contribution is -2.05. The Balaban J connectivity index is 2.26. The van der Waals surface area contributed by atoms with Crippen LogP contribution >= 0.6 is 11.6 Å². The molecule has 0 aliphatic heterocycles. The number of primary amides is 1. The molecule has 6 heteroatoms. The summed E-state index contributed by atoms with van der Waals surface area (Å²) in [7, 11) is 1.61. The molecule has 0 saturated carbocycles. The normalized spacial score (nSPS) is 11.2. The average Bonchev–Trinajstić information content (AvgIpc) is 2.90. The minimum atomic E-state index is -0.529. The maximum atomic E-state index is 11.1. The zero-order chi connectivity index (χ0) is 16.4. The predicted octanol–water partition coefficient (Wildman–Crippen LogP) is 3.16. The van der Waals surface area contributed by atoms with Gasteiger partial charge in [-0.2, -0.15) is 0 Å². The van der Waals surface area contributed by atoms with E-state index in [1.807, 2.05) is 34.7 Å². The minimum Gasteiger partial charge on any atom is -0.497 e. The molecule has 0 atom stereocenters. The van der Waals surface area contributed by atoms with E-state index in [1.165, 1.54) is 6.08 Å². The third-order valence-electron chi connectivity index (χ3n) is 3.37. The highest BCUT2D eigenvalue weighted by atomic mass is 35.5. The average molecular weight is 328 g/mol. The highest BCUT2D eigenvalue weighted by molar-refractivity contribution is 6.30. The molecule has 0 saturated heterocycles. The van der Waals surface area contributed by atoms with Crippen molar-refractivity contribution in [3.05, 3.63) is 59.4 Å². The monoisotopic (exact) mass is 327 g/mol. The van der Waals surface area contributed by atoms with Crippen LogP contribution in [0.3, 0.4) is 0 Å². The van der Waals surface area contributed by atoms with Crippen LogP contribution in [-0.2, 0) is 4.79 Å². The molecule has 2 heterocycles. The summed E-state index contributed by atoms with van der Waals surface area (Å²) in [5.41, 5.74) is 8.23. The van der Waals surface area contributed by atoms with E-state index in [0.717, 1.165) is 22.7 Å². The molecule has 23 heavy (non-hydrogen) atoms. The number of fused-ring (bicyclic) bond motifs is 1. The fraction of sp³-hybridized carbons (Fsp3) is 0.0588. The molecule has 1 aromatic carbocycles. The van der Waals surface area contributed by atoms with Crippen LogP contribution in [0.25, 0.3) is 23.0 Å². The molecule has 0 bridgehead atoms. The van der Waals surface area contributed by atoms with E-state index < -0.39 is 5.91 Å². The second-order valence-corrected chi connectivity index (χ2v) is 5.33. The summed E-state index contributed by atoms with van der Waals surface area (Å²) in [5.74, 6) is 0.195. The van der Waals surface area contributed by atoms with Crippen molar-refractivity contribution < 1.29 is 9.53 Å². The Labute approximate surface area is 138 Å². The molecule has 5 nitrogen and oxygen atoms in total. The number of carbonyl (C=O) groups is 1. The molecular weight excluding hydrogens is 314 g/mol. The lowest BCUT2D eigenvalue weighted by Gasteiger charge is -2.04. The van der Waals surface area contributed by atoms with Crippen LogP contribution in [0.1, 0.15) is 5.69 Å². The lowest BCUT2D eigenvalue weighted by molar-refractivity contribution is -0.113. The van der Waals surface area contributed by atoms with Crippen molar-refractivity contribution in [1.29, 1.82) is 0 Å². The van der Waals surface area contributed by atoms with Gasteiger partial charge in [-0.15, -0.1) is 0 Å². The van der Waals surface area contributed by atoms with Crippen molar-refractivity contribution in [3.8, 4) is 17.0 Å². The molecule has 0 aliphatic carbocycles. The zero-order valence-corrected chi connectivity index (χ0v) is 13.1. The Morgan fingerprint density at radius 2 is 2.17 bits per heavy atom. The quantitative estimate of drug-likeness (QED) is 0.748. The van der Waals surface area contributed by atoms with E-state index in [0.29, 0.717) is 10.7 Å². The van der Waals surface area contributed by atoms with Crippen LogP contribution in [0.15, 0.2) is 48.7 Å². The molecule has 0 spiro atoms. The predicted molar refractivity (Wildman–Crippen MR) is 90.4 cm³/mol. The molecular formula is C17H14ClN3O2. The van der Waals surface area contributed by atoms with E-state index in [1.54, 1.807) is 25.4 Å². The van der Waals surface area contributed by atoms with Gasteiger partial charge in [0.05, 0.1) is 23.5 Å². The first-order valence-corrected chi connectivity index (χ1v) is 7.26. The number of carbonyl (C=O) groups excluding carboxylic acids is 1. The van der Waals surface area contributed by atoms with Crippen LogP contribution < -0.4 is 10.5 Å². The highest BCUT2D eigenvalue weighted by Crippen LogP contribution is 2.29. The van der Waals surface area contributed by atoms with Crippen LogP contribution in [0.4, 0.5) is 0 Å². The van der Waals surface area contributed by atoms with Crippen molar-refractivity contribution >= 4 is 29.2 Å². The number of nitrogens with two attached hydrogens (primary N) is 1. The largest absolute Gasteiger partial charge is 0.497 e. The van der Waals surface area contributed by atoms with E-state index >= 15 is 0 Å². The summed E-state index contributed by atoms with van der Waals surface area (Å²) in [6.07, 6.45) is 4.68. The summed E-state index contributed by atoms with van der Waals surface area (Å²) >= 11 is 6.07. The Morgan fingerprint density at radius 3 is 2.91 bits per heavy atom. The summed E-state index contributed by atoms with van der Waals surface area (Å²) in [6.45, 7) is 0. The first-order valence-electron chi connectivity index (χ1n) is 6.88. The third kappa shape index (κ3) is 3.05. The Bertz CT molecular complexity index is 915. The van der Waals surface area contributed by atoms with Crippen LogP contribution in [0, 0.1) is 0 Å². The minimum absolute atomic E-state index is 0.529. The molecule has 3 aromatic rings. The molecule has 2 N–H and O–H groups in total. The van der Waals surface area contributed by atoms with Crippen molar-refractivity contribution in [3.63, 3.8) is 0 Å². The van der Waals surface area contributed by atoms with Crippen molar-refractivity contribution in [2.75, 3.05) is 7.11 Å². The molecule has 116 valence electrons. The summed E-state index contributed by atoms with van der Waals surface area (Å²) < 4.78 is 7.08. The molecule has 0 fully saturated rings. The van der Waals surface area contributed by atoms with Gasteiger partial charge in [0, 0.05) is 17.8 Å². The molecule has 0 unspecified atom stereocenters. The van der Waals surface area contributed by atoms with Crippen LogP contribution in [-0.4, -0.2) is 22.4 Å². The molecule has 1 amide bonds. The topological polar surface area (TPSA) is 69.6 Å². The van der Waals surface area contributed by atoms with Gasteiger partial charge in [0.1, 0.15) is 11.4 Å². The van der Waals surface area contributed by atoms with E-state index in [-0.39, 0.29) is 0 Å². The maximum absolute atomic E-state index is 11.1. The summed E-state index contributed by atoms with van der Waals surface area (Å²) in [5, 5.41) is 0.570. The number of pyridine rings is 1. The molecule has 0 aliphatic rings. The number of halogens is 1. The van der Waals surface area contributed by atoms with Gasteiger partial charge in [-0.3, -0.25) is 9.20 Å². The van der Waals surface area contributed by atoms with Gasteiger partial charge in [-0.25, -0.2) is 4.98 Å². The second-order valence-electron chi connectivity index (χ2n) is 4.89. The van der Waals surface area contributed by atoms with E-state index in [4.69, 9.17) is 22.1 Å². The van der Waals surface area contributed by atoms with Crippen molar-refractivity contribution in [2.24, 2.45) is 5.73 Å². The second kappa shape index (κ2) is 6.14. The zero-order valence-electron chi connectivity index (χ0n) is 12.4. The SMILES string of the molecule is COc1cccc(-c2nc3ccc(Cl)cn3c2/C=C\C(N)=O)c1. The van der Waals surface area contributed by atoms with Gasteiger partial charge in [-0.1, -0.05) is 23.7 Å². The van der Waals surface area contributed by atoms with Gasteiger partial charge in [0.15, 0.2) is 0 Å². The maximum Gasteiger partial charge on any atom is 0.241 e. The number of amides is 1. The van der Waals surface area contributed by atoms with Gasteiger partial charge in [-0.05, 0) is 30.3 Å². The van der Waals surface area contributed by atoms with Crippen molar-refractivity contribution in [1.82, 2.24) is 9.38 Å². The van der Waals surface area contributed by atoms with Crippen LogP contribution in [0.2, 0.25) is 5.02 Å². The van der Waals surface area contributed by atoms with Crippen molar-refractivity contribution in [2.45, 2.75) is 0 Å². The number of benzene rings is 1. The number of methoxy groups -OCH3 is 1. The lowest BCUT2D eigenvalue weighted by atomic mass is 10.1. The highest BCUT2D eigenvalue weighted by Gasteiger charge is 2.13. The first-order chi connectivity index (χ1) is 11.1. The number of ether oxygens (including phenoxy) is 1. The summed E-state index contributed by atoms with van der Waals surface area (Å²) in [4.78, 5) is 15.7. The van der Waals surface area contributed by atoms with Gasteiger partial charge >= 0.3 is 0 Å². The number of hydrogen-bond acceptors (Lipinski definition) is 3. The third-order valence-corrected chi connectivity index (χ3v) is 3.59. The molecule has 2 aromatic heterocycles. The van der Waals surface area contributed by atoms with E-state index in [2.05, 4.69) is 4.98 Å². The number of rotatable bonds is 4. The van der Waals surface area contributed by atoms with Crippen LogP contribution in [0.5, 0.6) is 5.75 Å². The smallest absolute Gasteiger partial charge is 0.241 e. The Morgan fingerprint density at radius 1 is 1.35 bits per heavy atom. The Kier molecular flexibility index (Phi) is 4.04. The molecule has 3 rings (SSSR count). The van der Waals surface area contributed by atoms with Gasteiger partial charge in [0.2, 0.25) is 5.91 Å². The van der Waals surface area contributed by atoms with Gasteiger partial charge < -0.3 is 10.5 Å². The number of hydrogen-bond donors (Lipinski definition) is 1. The molecule has 0 radical (unpaired) electrons. The fourth-order valence-corrected chi connectivity index (χ4v) is 2.50. The first kappa shape index (κ1) is 15.1. The standard InChI is InChI=1S/C17H14ClN3O2/c1-23-13-4-2-3-11(9-13)17-14(6-7-15(19)22)21-10-12(18)5-8-16(21)20-17/h2-10H,1H3,(H2,19,22)/b7-6-.